The summed E-state index contributed by atoms with van der Waals surface area (Å²) in [5.74, 6) is -1.04. The highest BCUT2D eigenvalue weighted by Crippen LogP contribution is 2.36. The van der Waals surface area contributed by atoms with E-state index in [1.807, 2.05) is 6.07 Å². The molecule has 2 aliphatic heterocycles. The van der Waals surface area contributed by atoms with Crippen molar-refractivity contribution in [3.63, 3.8) is 0 Å². The Morgan fingerprint density at radius 2 is 2.21 bits per heavy atom. The minimum absolute atomic E-state index is 0.260. The smallest absolute Gasteiger partial charge is 0.296 e. The molecule has 2 aliphatic rings. The topological polar surface area (TPSA) is 58.6 Å². The normalized spacial score (nSPS) is 22.4. The van der Waals surface area contributed by atoms with Crippen LogP contribution >= 0.6 is 15.9 Å². The van der Waals surface area contributed by atoms with E-state index >= 15 is 0 Å². The summed E-state index contributed by atoms with van der Waals surface area (Å²) in [5, 5.41) is 2.60. The number of anilines is 2. The number of fused-ring (bicyclic) bond motifs is 1. The third kappa shape index (κ3) is 2.04. The predicted molar refractivity (Wildman–Crippen MR) is 74.7 cm³/mol. The molecule has 0 bridgehead atoms. The summed E-state index contributed by atoms with van der Waals surface area (Å²) < 4.78 is 6.24. The molecule has 1 aromatic carbocycles. The van der Waals surface area contributed by atoms with Crippen molar-refractivity contribution in [1.82, 2.24) is 0 Å². The number of nitrogens with zero attached hydrogens (tertiary/aromatic N) is 1. The third-order valence-electron chi connectivity index (χ3n) is 3.46. The molecular weight excluding hydrogens is 312 g/mol. The second kappa shape index (κ2) is 4.61. The molecule has 0 aliphatic carbocycles. The SMILES string of the molecule is CC1COCCN1c1cc2c(cc1Br)C(=O)C(=O)N2. The Balaban J connectivity index is 2.02. The summed E-state index contributed by atoms with van der Waals surface area (Å²) >= 11 is 3.49. The van der Waals surface area contributed by atoms with Crippen LogP contribution in [-0.4, -0.2) is 37.5 Å². The average molecular weight is 325 g/mol. The largest absolute Gasteiger partial charge is 0.377 e. The first-order chi connectivity index (χ1) is 9.08. The van der Waals surface area contributed by atoms with E-state index in [1.54, 1.807) is 6.07 Å². The molecule has 1 fully saturated rings. The Labute approximate surface area is 119 Å². The van der Waals surface area contributed by atoms with Crippen LogP contribution in [0.25, 0.3) is 0 Å². The van der Waals surface area contributed by atoms with Gasteiger partial charge in [0.2, 0.25) is 0 Å². The summed E-state index contributed by atoms with van der Waals surface area (Å²) in [6.07, 6.45) is 0. The van der Waals surface area contributed by atoms with E-state index in [9.17, 15) is 9.59 Å². The van der Waals surface area contributed by atoms with Crippen LogP contribution in [0.15, 0.2) is 16.6 Å². The summed E-state index contributed by atoms with van der Waals surface area (Å²) in [6, 6.07) is 3.83. The fourth-order valence-electron chi connectivity index (χ4n) is 2.46. The van der Waals surface area contributed by atoms with Crippen molar-refractivity contribution in [3.8, 4) is 0 Å². The Bertz CT molecular complexity index is 573. The summed E-state index contributed by atoms with van der Waals surface area (Å²) in [6.45, 7) is 4.23. The van der Waals surface area contributed by atoms with Gasteiger partial charge in [-0.25, -0.2) is 0 Å². The number of hydrogen-bond donors (Lipinski definition) is 1. The van der Waals surface area contributed by atoms with E-state index in [0.29, 0.717) is 24.5 Å². The molecule has 0 radical (unpaired) electrons. The van der Waals surface area contributed by atoms with Gasteiger partial charge in [-0.1, -0.05) is 0 Å². The minimum Gasteiger partial charge on any atom is -0.377 e. The highest BCUT2D eigenvalue weighted by atomic mass is 79.9. The Morgan fingerprint density at radius 3 is 2.95 bits per heavy atom. The molecule has 6 heteroatoms. The molecule has 2 heterocycles. The molecule has 5 nitrogen and oxygen atoms in total. The number of carbonyl (C=O) groups excluding carboxylic acids is 2. The molecule has 1 saturated heterocycles. The standard InChI is InChI=1S/C13H13BrN2O3/c1-7-6-19-3-2-16(7)11-5-10-8(4-9(11)14)12(17)13(18)15-10/h4-5,7H,2-3,6H2,1H3,(H,15,17,18). The summed E-state index contributed by atoms with van der Waals surface area (Å²) in [4.78, 5) is 25.2. The molecule has 1 atom stereocenters. The molecule has 1 aromatic rings. The highest BCUT2D eigenvalue weighted by Gasteiger charge is 2.30. The molecule has 1 N–H and O–H groups in total. The van der Waals surface area contributed by atoms with Gasteiger partial charge in [0.15, 0.2) is 0 Å². The van der Waals surface area contributed by atoms with E-state index < -0.39 is 11.7 Å². The van der Waals surface area contributed by atoms with Gasteiger partial charge in [-0.05, 0) is 35.0 Å². The molecule has 0 saturated carbocycles. The molecule has 1 amide bonds. The quantitative estimate of drug-likeness (QED) is 0.800. The fraction of sp³-hybridized carbons (Fsp3) is 0.385. The van der Waals surface area contributed by atoms with Crippen LogP contribution in [-0.2, 0) is 9.53 Å². The number of nitrogens with one attached hydrogen (secondary N) is 1. The van der Waals surface area contributed by atoms with Gasteiger partial charge in [0, 0.05) is 17.1 Å². The zero-order chi connectivity index (χ0) is 13.6. The van der Waals surface area contributed by atoms with Gasteiger partial charge < -0.3 is 15.0 Å². The summed E-state index contributed by atoms with van der Waals surface area (Å²) in [7, 11) is 0. The molecule has 1 unspecified atom stereocenters. The maximum Gasteiger partial charge on any atom is 0.296 e. The number of morpholine rings is 1. The van der Waals surface area contributed by atoms with E-state index in [-0.39, 0.29) is 6.04 Å². The Morgan fingerprint density at radius 1 is 1.42 bits per heavy atom. The van der Waals surface area contributed by atoms with Crippen LogP contribution in [0, 0.1) is 0 Å². The van der Waals surface area contributed by atoms with Crippen molar-refractivity contribution in [2.24, 2.45) is 0 Å². The van der Waals surface area contributed by atoms with Gasteiger partial charge in [-0.15, -0.1) is 0 Å². The fourth-order valence-corrected chi connectivity index (χ4v) is 3.03. The number of rotatable bonds is 1. The van der Waals surface area contributed by atoms with Crippen molar-refractivity contribution < 1.29 is 14.3 Å². The first kappa shape index (κ1) is 12.6. The van der Waals surface area contributed by atoms with E-state index in [1.165, 1.54) is 0 Å². The highest BCUT2D eigenvalue weighted by molar-refractivity contribution is 9.10. The zero-order valence-electron chi connectivity index (χ0n) is 10.4. The van der Waals surface area contributed by atoms with Crippen molar-refractivity contribution in [2.45, 2.75) is 13.0 Å². The van der Waals surface area contributed by atoms with E-state index in [0.717, 1.165) is 16.7 Å². The van der Waals surface area contributed by atoms with Gasteiger partial charge in [0.1, 0.15) is 0 Å². The van der Waals surface area contributed by atoms with Crippen molar-refractivity contribution in [2.75, 3.05) is 30.0 Å². The zero-order valence-corrected chi connectivity index (χ0v) is 12.0. The summed E-state index contributed by atoms with van der Waals surface area (Å²) in [5.41, 5.74) is 2.00. The maximum absolute atomic E-state index is 11.6. The number of Topliss-reactive ketones (excluding diaryl/α,β-unsaturated/α-hetero) is 1. The van der Waals surface area contributed by atoms with Crippen molar-refractivity contribution in [1.29, 1.82) is 0 Å². The Hall–Kier alpha value is -1.40. The molecule has 0 spiro atoms. The average Bonchev–Trinajstić information content (AvgIpc) is 2.66. The van der Waals surface area contributed by atoms with Crippen molar-refractivity contribution >= 4 is 39.0 Å². The number of amides is 1. The first-order valence-corrected chi connectivity index (χ1v) is 6.91. The first-order valence-electron chi connectivity index (χ1n) is 6.11. The molecule has 19 heavy (non-hydrogen) atoms. The number of halogens is 1. The lowest BCUT2D eigenvalue weighted by Gasteiger charge is -2.36. The van der Waals surface area contributed by atoms with Gasteiger partial charge >= 0.3 is 0 Å². The van der Waals surface area contributed by atoms with Crippen LogP contribution < -0.4 is 10.2 Å². The van der Waals surface area contributed by atoms with Crippen LogP contribution in [0.2, 0.25) is 0 Å². The Kier molecular flexibility index (Phi) is 3.06. The predicted octanol–water partition coefficient (Wildman–Crippen LogP) is 1.81. The lowest BCUT2D eigenvalue weighted by atomic mass is 10.1. The lowest BCUT2D eigenvalue weighted by Crippen LogP contribution is -2.43. The number of ketones is 1. The minimum atomic E-state index is -0.561. The van der Waals surface area contributed by atoms with Crippen LogP contribution in [0.5, 0.6) is 0 Å². The second-order valence-corrected chi connectivity index (χ2v) is 5.60. The van der Waals surface area contributed by atoms with Crippen LogP contribution in [0.1, 0.15) is 17.3 Å². The van der Waals surface area contributed by atoms with Crippen LogP contribution in [0.3, 0.4) is 0 Å². The monoisotopic (exact) mass is 324 g/mol. The van der Waals surface area contributed by atoms with Gasteiger partial charge in [0.25, 0.3) is 11.7 Å². The van der Waals surface area contributed by atoms with Gasteiger partial charge in [-0.2, -0.15) is 0 Å². The number of hydrogen-bond acceptors (Lipinski definition) is 4. The molecule has 3 rings (SSSR count). The van der Waals surface area contributed by atoms with Gasteiger partial charge in [-0.3, -0.25) is 9.59 Å². The van der Waals surface area contributed by atoms with E-state index in [2.05, 4.69) is 33.1 Å². The maximum atomic E-state index is 11.6. The number of ether oxygens (including phenoxy) is 1. The van der Waals surface area contributed by atoms with Crippen molar-refractivity contribution in [3.05, 3.63) is 22.2 Å². The molecule has 100 valence electrons. The van der Waals surface area contributed by atoms with Crippen LogP contribution in [0.4, 0.5) is 11.4 Å². The number of carbonyl (C=O) groups is 2. The molecule has 0 aromatic heterocycles. The molecular formula is C13H13BrN2O3. The second-order valence-electron chi connectivity index (χ2n) is 4.75. The lowest BCUT2D eigenvalue weighted by molar-refractivity contribution is -0.112. The third-order valence-corrected chi connectivity index (χ3v) is 4.10. The number of benzene rings is 1. The van der Waals surface area contributed by atoms with Gasteiger partial charge in [0.05, 0.1) is 30.2 Å². The van der Waals surface area contributed by atoms with E-state index in [4.69, 9.17) is 4.74 Å².